The predicted molar refractivity (Wildman–Crippen MR) is 139 cm³/mol. The molecule has 4 N–H and O–H groups in total. The van der Waals surface area contributed by atoms with Gasteiger partial charge in [0, 0.05) is 13.1 Å². The molecule has 17 nitrogen and oxygen atoms in total. The summed E-state index contributed by atoms with van der Waals surface area (Å²) in [7, 11) is 0. The molecule has 240 valence electrons. The Morgan fingerprint density at radius 1 is 0.366 bits per heavy atom. The van der Waals surface area contributed by atoms with Gasteiger partial charge in [0.05, 0.1) is 92.5 Å². The van der Waals surface area contributed by atoms with Gasteiger partial charge in [-0.15, -0.1) is 0 Å². The lowest BCUT2D eigenvalue weighted by Gasteiger charge is -2.09. The van der Waals surface area contributed by atoms with Crippen molar-refractivity contribution < 1.29 is 72.0 Å². The van der Waals surface area contributed by atoms with Crippen molar-refractivity contribution in [3.05, 3.63) is 0 Å². The third kappa shape index (κ3) is 33.6. The van der Waals surface area contributed by atoms with Crippen LogP contribution in [0, 0.1) is 0 Å². The molecule has 0 heterocycles. The van der Waals surface area contributed by atoms with Crippen LogP contribution in [0.15, 0.2) is 0 Å². The van der Waals surface area contributed by atoms with Gasteiger partial charge in [-0.05, 0) is 0 Å². The standard InChI is InChI=1S/C24H44N2O15/c27-21(17-40-19-23(29)30)25-1-3-33-5-7-35-9-11-37-13-15-39-16-14-38-12-10-36-8-6-34-4-2-26-22(28)18-41-20-24(31)32/h1-20H2,(H,25,27)(H,26,28)(H,29,30)(H,31,32). The Bertz CT molecular complexity index is 615. The SMILES string of the molecule is O=C(O)COCC(=O)NCCOCCOCCOCCOCCOCCOCCOCCNC(=O)COCC(=O)O. The topological polar surface area (TPSA) is 216 Å². The van der Waals surface area contributed by atoms with Gasteiger partial charge < -0.3 is 63.5 Å². The maximum Gasteiger partial charge on any atom is 0.329 e. The Morgan fingerprint density at radius 3 is 0.854 bits per heavy atom. The summed E-state index contributed by atoms with van der Waals surface area (Å²) in [6, 6.07) is 0. The highest BCUT2D eigenvalue weighted by Crippen LogP contribution is 1.86. The summed E-state index contributed by atoms with van der Waals surface area (Å²) in [4.78, 5) is 43.2. The van der Waals surface area contributed by atoms with E-state index in [-0.39, 0.29) is 26.3 Å². The van der Waals surface area contributed by atoms with Gasteiger partial charge >= 0.3 is 11.9 Å². The number of carboxylic acid groups (broad SMARTS) is 2. The molecule has 0 rings (SSSR count). The molecule has 0 saturated carbocycles. The van der Waals surface area contributed by atoms with Crippen LogP contribution in [0.2, 0.25) is 0 Å². The average molecular weight is 601 g/mol. The summed E-state index contributed by atoms with van der Waals surface area (Å²) in [5.41, 5.74) is 0. The normalized spacial score (nSPS) is 10.9. The van der Waals surface area contributed by atoms with Crippen LogP contribution in [0.5, 0.6) is 0 Å². The molecule has 0 aliphatic rings. The van der Waals surface area contributed by atoms with Crippen molar-refractivity contribution in [3.63, 3.8) is 0 Å². The van der Waals surface area contributed by atoms with E-state index in [4.69, 9.17) is 43.4 Å². The summed E-state index contributed by atoms with van der Waals surface area (Å²) in [5.74, 6) is -3.08. The molecule has 0 spiro atoms. The maximum absolute atomic E-state index is 11.3. The third-order valence-corrected chi connectivity index (χ3v) is 4.29. The fourth-order valence-corrected chi connectivity index (χ4v) is 2.51. The largest absolute Gasteiger partial charge is 0.480 e. The molecular formula is C24H44N2O15. The van der Waals surface area contributed by atoms with E-state index in [1.807, 2.05) is 0 Å². The molecule has 0 atom stereocenters. The van der Waals surface area contributed by atoms with Gasteiger partial charge in [0.15, 0.2) is 0 Å². The second kappa shape index (κ2) is 30.5. The van der Waals surface area contributed by atoms with Crippen LogP contribution in [0.4, 0.5) is 0 Å². The molecule has 0 aromatic rings. The number of carbonyl (C=O) groups is 4. The van der Waals surface area contributed by atoms with Crippen molar-refractivity contribution in [1.29, 1.82) is 0 Å². The van der Waals surface area contributed by atoms with Gasteiger partial charge in [0.25, 0.3) is 0 Å². The van der Waals surface area contributed by atoms with Crippen molar-refractivity contribution in [2.75, 3.05) is 132 Å². The van der Waals surface area contributed by atoms with Crippen molar-refractivity contribution in [2.24, 2.45) is 0 Å². The van der Waals surface area contributed by atoms with Gasteiger partial charge in [-0.25, -0.2) is 9.59 Å². The quantitative estimate of drug-likeness (QED) is 0.0589. The zero-order valence-corrected chi connectivity index (χ0v) is 23.3. The van der Waals surface area contributed by atoms with E-state index in [9.17, 15) is 19.2 Å². The van der Waals surface area contributed by atoms with Crippen LogP contribution in [-0.2, 0) is 61.8 Å². The lowest BCUT2D eigenvalue weighted by molar-refractivity contribution is -0.145. The van der Waals surface area contributed by atoms with Crippen molar-refractivity contribution >= 4 is 23.8 Å². The number of rotatable bonds is 32. The zero-order valence-electron chi connectivity index (χ0n) is 23.3. The smallest absolute Gasteiger partial charge is 0.329 e. The highest BCUT2D eigenvalue weighted by molar-refractivity contribution is 5.78. The number of amides is 2. The number of carbonyl (C=O) groups excluding carboxylic acids is 2. The van der Waals surface area contributed by atoms with Crippen LogP contribution in [-0.4, -0.2) is 166 Å². The maximum atomic E-state index is 11.3. The van der Waals surface area contributed by atoms with Crippen LogP contribution in [0.3, 0.4) is 0 Å². The second-order valence-corrected chi connectivity index (χ2v) is 7.76. The Hall–Kier alpha value is -2.48. The van der Waals surface area contributed by atoms with E-state index < -0.39 is 37.0 Å². The fourth-order valence-electron chi connectivity index (χ4n) is 2.51. The molecule has 41 heavy (non-hydrogen) atoms. The summed E-state index contributed by atoms with van der Waals surface area (Å²) in [6.07, 6.45) is 0. The predicted octanol–water partition coefficient (Wildman–Crippen LogP) is -2.46. The molecule has 0 aromatic heterocycles. The third-order valence-electron chi connectivity index (χ3n) is 4.29. The first-order valence-electron chi connectivity index (χ1n) is 13.1. The van der Waals surface area contributed by atoms with Crippen LogP contribution < -0.4 is 10.6 Å². The Morgan fingerprint density at radius 2 is 0.610 bits per heavy atom. The first-order chi connectivity index (χ1) is 19.9. The molecule has 0 saturated heterocycles. The number of carboxylic acids is 2. The van der Waals surface area contributed by atoms with Crippen molar-refractivity contribution in [1.82, 2.24) is 10.6 Å². The summed E-state index contributed by atoms with van der Waals surface area (Å²) in [5, 5.41) is 21.9. The monoisotopic (exact) mass is 600 g/mol. The minimum absolute atomic E-state index is 0.288. The number of hydrogen-bond donors (Lipinski definition) is 4. The Labute approximate surface area is 238 Å². The van der Waals surface area contributed by atoms with E-state index in [2.05, 4.69) is 20.1 Å². The minimum atomic E-state index is -1.13. The van der Waals surface area contributed by atoms with Crippen LogP contribution >= 0.6 is 0 Å². The van der Waals surface area contributed by atoms with Gasteiger partial charge in [-0.1, -0.05) is 0 Å². The molecular weight excluding hydrogens is 556 g/mol. The van der Waals surface area contributed by atoms with Gasteiger partial charge in [-0.2, -0.15) is 0 Å². The summed E-state index contributed by atoms with van der Waals surface area (Å²) < 4.78 is 46.8. The van der Waals surface area contributed by atoms with Crippen LogP contribution in [0.25, 0.3) is 0 Å². The lowest BCUT2D eigenvalue weighted by Crippen LogP contribution is -2.31. The Kier molecular flexibility index (Phi) is 28.6. The molecule has 0 fully saturated rings. The summed E-state index contributed by atoms with van der Waals surface area (Å²) in [6.45, 7) is 4.43. The van der Waals surface area contributed by atoms with Crippen LogP contribution in [0.1, 0.15) is 0 Å². The van der Waals surface area contributed by atoms with Crippen molar-refractivity contribution in [3.8, 4) is 0 Å². The second-order valence-electron chi connectivity index (χ2n) is 7.76. The van der Waals surface area contributed by atoms with E-state index in [0.29, 0.717) is 92.5 Å². The Balaban J connectivity index is 3.15. The number of nitrogens with one attached hydrogen (secondary N) is 2. The fraction of sp³-hybridized carbons (Fsp3) is 0.833. The minimum Gasteiger partial charge on any atom is -0.480 e. The highest BCUT2D eigenvalue weighted by Gasteiger charge is 2.04. The number of hydrogen-bond acceptors (Lipinski definition) is 13. The molecule has 0 aromatic carbocycles. The van der Waals surface area contributed by atoms with Gasteiger partial charge in [-0.3, -0.25) is 9.59 Å². The molecule has 0 radical (unpaired) electrons. The molecule has 0 aliphatic carbocycles. The van der Waals surface area contributed by atoms with Crippen molar-refractivity contribution in [2.45, 2.75) is 0 Å². The molecule has 0 bridgehead atoms. The van der Waals surface area contributed by atoms with E-state index in [1.165, 1.54) is 0 Å². The molecule has 17 heteroatoms. The average Bonchev–Trinajstić information content (AvgIpc) is 2.92. The lowest BCUT2D eigenvalue weighted by atomic mass is 10.6. The number of ether oxygens (including phenoxy) is 9. The summed E-state index contributed by atoms with van der Waals surface area (Å²) >= 11 is 0. The highest BCUT2D eigenvalue weighted by atomic mass is 16.6. The first kappa shape index (κ1) is 38.5. The van der Waals surface area contributed by atoms with E-state index in [0.717, 1.165) is 0 Å². The molecule has 0 unspecified atom stereocenters. The van der Waals surface area contributed by atoms with Gasteiger partial charge in [0.2, 0.25) is 11.8 Å². The van der Waals surface area contributed by atoms with E-state index in [1.54, 1.807) is 0 Å². The van der Waals surface area contributed by atoms with Gasteiger partial charge in [0.1, 0.15) is 26.4 Å². The first-order valence-corrected chi connectivity index (χ1v) is 13.1. The zero-order chi connectivity index (χ0) is 30.2. The molecule has 0 aliphatic heterocycles. The molecule has 2 amide bonds. The number of aliphatic carboxylic acids is 2. The van der Waals surface area contributed by atoms with E-state index >= 15 is 0 Å².